The number of unbranched alkanes of at least 4 members (excludes halogenated alkanes) is 15. The number of hydrogen-bond acceptors (Lipinski definition) is 4. The van der Waals surface area contributed by atoms with E-state index in [1.165, 1.54) is 141 Å². The first kappa shape index (κ1) is 44.9. The molecule has 4 rings (SSSR count). The van der Waals surface area contributed by atoms with E-state index >= 15 is 0 Å². The molecule has 2 N–H and O–H groups in total. The van der Waals surface area contributed by atoms with Crippen LogP contribution < -0.4 is 5.32 Å². The van der Waals surface area contributed by atoms with E-state index in [4.69, 9.17) is 9.84 Å². The van der Waals surface area contributed by atoms with Crippen molar-refractivity contribution in [2.45, 2.75) is 220 Å². The fourth-order valence-corrected chi connectivity index (χ4v) is 12.4. The van der Waals surface area contributed by atoms with Gasteiger partial charge in [-0.3, -0.25) is 14.4 Å². The highest BCUT2D eigenvalue weighted by molar-refractivity contribution is 5.81. The Labute approximate surface area is 331 Å². The normalized spacial score (nSPS) is 31.0. The van der Waals surface area contributed by atoms with Crippen LogP contribution in [0.3, 0.4) is 0 Å². The minimum absolute atomic E-state index is 0.0391. The van der Waals surface area contributed by atoms with E-state index in [1.54, 1.807) is 0 Å². The standard InChI is InChI=1S/C48H83NO5/c1-5-6-7-8-9-10-11-12-13-14-15-16-17-18-19-20-21-22-23-24-46(53)54-39-31-33-47(3)38(35-39)26-27-40-42-29-28-41(48(42,4)34-32-43(40)47)37(2)25-30-44(50)49-36-45(51)52/h12-13,37-43H,5-11,14-36H2,1-4H3,(H,49,50)(H,51,52)/b13-12-. The molecule has 6 nitrogen and oxygen atoms in total. The number of carbonyl (C=O) groups excluding carboxylic acids is 2. The maximum atomic E-state index is 12.9. The molecule has 4 aliphatic carbocycles. The lowest BCUT2D eigenvalue weighted by molar-refractivity contribution is -0.162. The van der Waals surface area contributed by atoms with Crippen LogP contribution in [0.25, 0.3) is 0 Å². The Morgan fingerprint density at radius 3 is 1.96 bits per heavy atom. The highest BCUT2D eigenvalue weighted by Gasteiger charge is 2.60. The van der Waals surface area contributed by atoms with Crippen molar-refractivity contribution in [3.8, 4) is 0 Å². The van der Waals surface area contributed by atoms with Crippen LogP contribution in [0.2, 0.25) is 0 Å². The van der Waals surface area contributed by atoms with Crippen LogP contribution in [-0.4, -0.2) is 35.6 Å². The smallest absolute Gasteiger partial charge is 0.322 e. The largest absolute Gasteiger partial charge is 0.480 e. The fourth-order valence-electron chi connectivity index (χ4n) is 12.4. The van der Waals surface area contributed by atoms with Gasteiger partial charge in [0.25, 0.3) is 0 Å². The molecule has 0 aromatic carbocycles. The molecule has 4 saturated carbocycles. The van der Waals surface area contributed by atoms with Crippen LogP contribution in [0.15, 0.2) is 12.2 Å². The summed E-state index contributed by atoms with van der Waals surface area (Å²) in [6.07, 6.45) is 40.1. The molecule has 9 atom stereocenters. The van der Waals surface area contributed by atoms with Crippen molar-refractivity contribution in [2.24, 2.45) is 46.3 Å². The summed E-state index contributed by atoms with van der Waals surface area (Å²) < 4.78 is 6.15. The number of ether oxygens (including phenoxy) is 1. The molecule has 0 spiro atoms. The Morgan fingerprint density at radius 1 is 0.722 bits per heavy atom. The zero-order valence-corrected chi connectivity index (χ0v) is 35.5. The summed E-state index contributed by atoms with van der Waals surface area (Å²) in [6.45, 7) is 9.48. The molecule has 4 fully saturated rings. The Morgan fingerprint density at radius 2 is 1.31 bits per heavy atom. The van der Waals surface area contributed by atoms with Gasteiger partial charge in [0.2, 0.25) is 5.91 Å². The number of aliphatic carboxylic acids is 1. The van der Waals surface area contributed by atoms with E-state index in [-0.39, 0.29) is 24.5 Å². The maximum Gasteiger partial charge on any atom is 0.322 e. The van der Waals surface area contributed by atoms with E-state index in [0.29, 0.717) is 41.4 Å². The molecule has 310 valence electrons. The monoisotopic (exact) mass is 754 g/mol. The Balaban J connectivity index is 1.04. The summed E-state index contributed by atoms with van der Waals surface area (Å²) in [5, 5.41) is 11.4. The van der Waals surface area contributed by atoms with E-state index in [1.807, 2.05) is 0 Å². The molecule has 1 amide bonds. The SMILES string of the molecule is CCCCCCCC/C=C\CCCCCCCCCCCC(=O)OC1CCC2(C)C(CCC3C2CCC2(C)C(C(C)CCC(=O)NCC(=O)O)CCC32)C1. The number of rotatable bonds is 26. The average molecular weight is 754 g/mol. The van der Waals surface area contributed by atoms with E-state index in [9.17, 15) is 14.4 Å². The van der Waals surface area contributed by atoms with Crippen molar-refractivity contribution in [3.05, 3.63) is 12.2 Å². The first-order valence-electron chi connectivity index (χ1n) is 23.4. The van der Waals surface area contributed by atoms with Crippen LogP contribution in [0.1, 0.15) is 214 Å². The molecule has 0 heterocycles. The number of carboxylic acids is 1. The van der Waals surface area contributed by atoms with Gasteiger partial charge >= 0.3 is 11.9 Å². The number of carbonyl (C=O) groups is 3. The van der Waals surface area contributed by atoms with Crippen molar-refractivity contribution in [1.82, 2.24) is 5.32 Å². The average Bonchev–Trinajstić information content (AvgIpc) is 3.51. The maximum absolute atomic E-state index is 12.9. The van der Waals surface area contributed by atoms with Crippen LogP contribution in [0.4, 0.5) is 0 Å². The third-order valence-corrected chi connectivity index (χ3v) is 15.6. The molecule has 0 aliphatic heterocycles. The Hall–Kier alpha value is -1.85. The van der Waals surface area contributed by atoms with Crippen molar-refractivity contribution in [3.63, 3.8) is 0 Å². The molecule has 54 heavy (non-hydrogen) atoms. The van der Waals surface area contributed by atoms with Crippen molar-refractivity contribution >= 4 is 17.8 Å². The molecule has 4 aliphatic rings. The molecule has 0 aromatic heterocycles. The first-order chi connectivity index (χ1) is 26.1. The minimum Gasteiger partial charge on any atom is -0.480 e. The second-order valence-electron chi connectivity index (χ2n) is 19.2. The van der Waals surface area contributed by atoms with Crippen molar-refractivity contribution in [2.75, 3.05) is 6.54 Å². The summed E-state index contributed by atoms with van der Waals surface area (Å²) >= 11 is 0. The predicted octanol–water partition coefficient (Wildman–Crippen LogP) is 12.8. The summed E-state index contributed by atoms with van der Waals surface area (Å²) in [5.74, 6) is 3.05. The topological polar surface area (TPSA) is 92.7 Å². The lowest BCUT2D eigenvalue weighted by atomic mass is 9.44. The van der Waals surface area contributed by atoms with Crippen LogP contribution in [0.5, 0.6) is 0 Å². The first-order valence-corrected chi connectivity index (χ1v) is 23.4. The van der Waals surface area contributed by atoms with Gasteiger partial charge in [0.15, 0.2) is 0 Å². The summed E-state index contributed by atoms with van der Waals surface area (Å²) in [7, 11) is 0. The predicted molar refractivity (Wildman–Crippen MR) is 222 cm³/mol. The second kappa shape index (κ2) is 23.4. The van der Waals surface area contributed by atoms with Gasteiger partial charge in [-0.05, 0) is 143 Å². The molecule has 6 heteroatoms. The summed E-state index contributed by atoms with van der Waals surface area (Å²) in [4.78, 5) is 35.9. The molecule has 0 radical (unpaired) electrons. The number of amides is 1. The van der Waals surface area contributed by atoms with Gasteiger partial charge in [0, 0.05) is 12.8 Å². The van der Waals surface area contributed by atoms with Crippen molar-refractivity contribution in [1.29, 1.82) is 0 Å². The van der Waals surface area contributed by atoms with Crippen molar-refractivity contribution < 1.29 is 24.2 Å². The number of allylic oxidation sites excluding steroid dienone is 2. The highest BCUT2D eigenvalue weighted by Crippen LogP contribution is 2.68. The minimum atomic E-state index is -0.989. The molecule has 9 unspecified atom stereocenters. The lowest BCUT2D eigenvalue weighted by Crippen LogP contribution is -2.54. The number of esters is 1. The molecule has 0 bridgehead atoms. The summed E-state index contributed by atoms with van der Waals surface area (Å²) in [5.41, 5.74) is 0.709. The van der Waals surface area contributed by atoms with Crippen LogP contribution >= 0.6 is 0 Å². The Bertz CT molecular complexity index is 1150. The third kappa shape index (κ3) is 13.4. The van der Waals surface area contributed by atoms with Gasteiger partial charge in [0.05, 0.1) is 0 Å². The van der Waals surface area contributed by atoms with Gasteiger partial charge < -0.3 is 15.2 Å². The van der Waals surface area contributed by atoms with Gasteiger partial charge in [-0.25, -0.2) is 0 Å². The van der Waals surface area contributed by atoms with E-state index in [0.717, 1.165) is 49.9 Å². The second-order valence-corrected chi connectivity index (χ2v) is 19.2. The van der Waals surface area contributed by atoms with Gasteiger partial charge in [-0.1, -0.05) is 117 Å². The number of carboxylic acid groups (broad SMARTS) is 1. The molecular formula is C48H83NO5. The fraction of sp³-hybridized carbons (Fsp3) is 0.896. The number of hydrogen-bond donors (Lipinski definition) is 2. The highest BCUT2D eigenvalue weighted by atomic mass is 16.5. The molecule has 0 aromatic rings. The van der Waals surface area contributed by atoms with Gasteiger partial charge in [-0.15, -0.1) is 0 Å². The number of fused-ring (bicyclic) bond motifs is 5. The molecule has 0 saturated heterocycles. The zero-order valence-electron chi connectivity index (χ0n) is 35.5. The quantitative estimate of drug-likeness (QED) is 0.0521. The van der Waals surface area contributed by atoms with E-state index in [2.05, 4.69) is 45.2 Å². The van der Waals surface area contributed by atoms with Crippen LogP contribution in [0, 0.1) is 46.3 Å². The van der Waals surface area contributed by atoms with Gasteiger partial charge in [0.1, 0.15) is 12.6 Å². The third-order valence-electron chi connectivity index (χ3n) is 15.6. The lowest BCUT2D eigenvalue weighted by Gasteiger charge is -2.61. The summed E-state index contributed by atoms with van der Waals surface area (Å²) in [6, 6.07) is 0. The number of nitrogens with one attached hydrogen (secondary N) is 1. The van der Waals surface area contributed by atoms with Gasteiger partial charge in [-0.2, -0.15) is 0 Å². The van der Waals surface area contributed by atoms with Crippen LogP contribution in [-0.2, 0) is 19.1 Å². The zero-order chi connectivity index (χ0) is 38.8. The molecular weight excluding hydrogens is 671 g/mol. The Kier molecular flexibility index (Phi) is 19.4. The van der Waals surface area contributed by atoms with E-state index < -0.39 is 5.97 Å².